The molecule has 0 aromatic heterocycles. The number of aliphatic hydroxyl groups is 1. The van der Waals surface area contributed by atoms with E-state index in [1.807, 2.05) is 24.3 Å². The fraction of sp³-hybridized carbons (Fsp3) is 0.294. The summed E-state index contributed by atoms with van der Waals surface area (Å²) in [7, 11) is 2.11. The average Bonchev–Trinajstić information content (AvgIpc) is 2.76. The summed E-state index contributed by atoms with van der Waals surface area (Å²) in [5, 5.41) is 11.1. The van der Waals surface area contributed by atoms with E-state index in [1.54, 1.807) is 0 Å². The SMILES string of the molecule is CN1Cc2ccccc2[C@@H]1C[C@H](O)c1ccc(Cl)cc1. The first-order valence-corrected chi connectivity index (χ1v) is 7.24. The largest absolute Gasteiger partial charge is 0.388 e. The van der Waals surface area contributed by atoms with Crippen LogP contribution in [-0.4, -0.2) is 17.1 Å². The predicted octanol–water partition coefficient (Wildman–Crippen LogP) is 3.95. The molecule has 0 amide bonds. The van der Waals surface area contributed by atoms with E-state index < -0.39 is 6.10 Å². The standard InChI is InChI=1S/C17H18ClNO/c1-19-11-13-4-2-3-5-15(13)16(19)10-17(20)12-6-8-14(18)9-7-12/h2-9,16-17,20H,10-11H2,1H3/t16-,17-/m0/s1. The number of aliphatic hydroxyl groups excluding tert-OH is 1. The lowest BCUT2D eigenvalue weighted by atomic mass is 9.96. The first kappa shape index (κ1) is 13.6. The summed E-state index contributed by atoms with van der Waals surface area (Å²) in [5.41, 5.74) is 3.62. The maximum atomic E-state index is 10.4. The van der Waals surface area contributed by atoms with Crippen LogP contribution in [0, 0.1) is 0 Å². The van der Waals surface area contributed by atoms with Gasteiger partial charge in [0.1, 0.15) is 0 Å². The summed E-state index contributed by atoms with van der Waals surface area (Å²) >= 11 is 5.89. The van der Waals surface area contributed by atoms with Gasteiger partial charge in [-0.25, -0.2) is 0 Å². The van der Waals surface area contributed by atoms with Crippen LogP contribution in [0.5, 0.6) is 0 Å². The molecule has 2 aromatic carbocycles. The number of halogens is 1. The van der Waals surface area contributed by atoms with Gasteiger partial charge in [-0.05, 0) is 42.3 Å². The smallest absolute Gasteiger partial charge is 0.0808 e. The zero-order valence-corrected chi connectivity index (χ0v) is 12.2. The van der Waals surface area contributed by atoms with Gasteiger partial charge in [0.25, 0.3) is 0 Å². The first-order chi connectivity index (χ1) is 9.65. The van der Waals surface area contributed by atoms with E-state index in [0.717, 1.165) is 12.1 Å². The van der Waals surface area contributed by atoms with Gasteiger partial charge in [-0.1, -0.05) is 48.0 Å². The van der Waals surface area contributed by atoms with Crippen molar-refractivity contribution < 1.29 is 5.11 Å². The molecule has 2 atom stereocenters. The lowest BCUT2D eigenvalue weighted by molar-refractivity contribution is 0.120. The number of benzene rings is 2. The van der Waals surface area contributed by atoms with Gasteiger partial charge in [0.05, 0.1) is 6.10 Å². The van der Waals surface area contributed by atoms with E-state index in [9.17, 15) is 5.11 Å². The van der Waals surface area contributed by atoms with Crippen molar-refractivity contribution in [2.75, 3.05) is 7.05 Å². The molecule has 3 heteroatoms. The third kappa shape index (κ3) is 2.59. The number of fused-ring (bicyclic) bond motifs is 1. The second-order valence-corrected chi connectivity index (χ2v) is 5.87. The topological polar surface area (TPSA) is 23.5 Å². The molecule has 0 spiro atoms. The summed E-state index contributed by atoms with van der Waals surface area (Å²) in [4.78, 5) is 2.30. The molecule has 1 aliphatic rings. The summed E-state index contributed by atoms with van der Waals surface area (Å²) in [6, 6.07) is 16.2. The van der Waals surface area contributed by atoms with E-state index >= 15 is 0 Å². The van der Waals surface area contributed by atoms with Gasteiger partial charge in [-0.3, -0.25) is 4.90 Å². The molecule has 0 unspecified atom stereocenters. The first-order valence-electron chi connectivity index (χ1n) is 6.86. The van der Waals surface area contributed by atoms with Gasteiger partial charge in [0.2, 0.25) is 0 Å². The minimum Gasteiger partial charge on any atom is -0.388 e. The van der Waals surface area contributed by atoms with Gasteiger partial charge in [0.15, 0.2) is 0 Å². The molecule has 1 heterocycles. The highest BCUT2D eigenvalue weighted by atomic mass is 35.5. The Morgan fingerprint density at radius 3 is 2.65 bits per heavy atom. The Morgan fingerprint density at radius 2 is 1.90 bits per heavy atom. The van der Waals surface area contributed by atoms with Crippen LogP contribution in [0.1, 0.15) is 35.3 Å². The maximum Gasteiger partial charge on any atom is 0.0808 e. The van der Waals surface area contributed by atoms with E-state index in [1.165, 1.54) is 11.1 Å². The molecular weight excluding hydrogens is 270 g/mol. The Morgan fingerprint density at radius 1 is 1.20 bits per heavy atom. The van der Waals surface area contributed by atoms with Crippen LogP contribution in [0.15, 0.2) is 48.5 Å². The average molecular weight is 288 g/mol. The Hall–Kier alpha value is -1.35. The van der Waals surface area contributed by atoms with Gasteiger partial charge < -0.3 is 5.11 Å². The zero-order valence-electron chi connectivity index (χ0n) is 11.5. The molecule has 0 radical (unpaired) electrons. The van der Waals surface area contributed by atoms with E-state index in [4.69, 9.17) is 11.6 Å². The molecule has 0 saturated carbocycles. The van der Waals surface area contributed by atoms with Crippen molar-refractivity contribution in [3.05, 3.63) is 70.2 Å². The fourth-order valence-electron chi connectivity index (χ4n) is 2.96. The fourth-order valence-corrected chi connectivity index (χ4v) is 3.08. The summed E-state index contributed by atoms with van der Waals surface area (Å²) < 4.78 is 0. The van der Waals surface area contributed by atoms with Gasteiger partial charge >= 0.3 is 0 Å². The highest BCUT2D eigenvalue weighted by Crippen LogP contribution is 2.38. The van der Waals surface area contributed by atoms with Crippen LogP contribution >= 0.6 is 11.6 Å². The van der Waals surface area contributed by atoms with Crippen molar-refractivity contribution in [3.63, 3.8) is 0 Å². The molecule has 0 aliphatic carbocycles. The normalized spacial score (nSPS) is 19.9. The van der Waals surface area contributed by atoms with Crippen molar-refractivity contribution >= 4 is 11.6 Å². The molecule has 3 rings (SSSR count). The number of hydrogen-bond acceptors (Lipinski definition) is 2. The Labute approximate surface area is 124 Å². The molecule has 0 saturated heterocycles. The molecule has 104 valence electrons. The molecule has 2 aromatic rings. The number of rotatable bonds is 3. The molecule has 1 N–H and O–H groups in total. The molecule has 0 fully saturated rings. The Bertz CT molecular complexity index is 596. The number of nitrogens with zero attached hydrogens (tertiary/aromatic N) is 1. The Balaban J connectivity index is 1.79. The highest BCUT2D eigenvalue weighted by Gasteiger charge is 2.29. The van der Waals surface area contributed by atoms with Crippen LogP contribution in [0.25, 0.3) is 0 Å². The summed E-state index contributed by atoms with van der Waals surface area (Å²) in [5.74, 6) is 0. The van der Waals surface area contributed by atoms with Crippen molar-refractivity contribution in [1.29, 1.82) is 0 Å². The minimum atomic E-state index is -0.467. The summed E-state index contributed by atoms with van der Waals surface area (Å²) in [6.07, 6.45) is 0.237. The molecule has 20 heavy (non-hydrogen) atoms. The highest BCUT2D eigenvalue weighted by molar-refractivity contribution is 6.30. The minimum absolute atomic E-state index is 0.275. The van der Waals surface area contributed by atoms with E-state index in [2.05, 4.69) is 36.2 Å². The number of hydrogen-bond donors (Lipinski definition) is 1. The molecular formula is C17H18ClNO. The second kappa shape index (κ2) is 5.57. The van der Waals surface area contributed by atoms with Crippen LogP contribution in [0.2, 0.25) is 5.02 Å². The molecule has 0 bridgehead atoms. The quantitative estimate of drug-likeness (QED) is 0.924. The zero-order chi connectivity index (χ0) is 14.1. The van der Waals surface area contributed by atoms with Crippen LogP contribution < -0.4 is 0 Å². The van der Waals surface area contributed by atoms with Crippen molar-refractivity contribution in [2.24, 2.45) is 0 Å². The monoisotopic (exact) mass is 287 g/mol. The third-order valence-electron chi connectivity index (χ3n) is 4.07. The van der Waals surface area contributed by atoms with Crippen LogP contribution in [0.3, 0.4) is 0 Å². The summed E-state index contributed by atoms with van der Waals surface area (Å²) in [6.45, 7) is 0.953. The third-order valence-corrected chi connectivity index (χ3v) is 4.32. The maximum absolute atomic E-state index is 10.4. The van der Waals surface area contributed by atoms with Gasteiger partial charge in [0, 0.05) is 17.6 Å². The second-order valence-electron chi connectivity index (χ2n) is 5.43. The predicted molar refractivity (Wildman–Crippen MR) is 81.7 cm³/mol. The lowest BCUT2D eigenvalue weighted by Crippen LogP contribution is -2.19. The van der Waals surface area contributed by atoms with Crippen molar-refractivity contribution in [3.8, 4) is 0 Å². The lowest BCUT2D eigenvalue weighted by Gasteiger charge is -2.23. The van der Waals surface area contributed by atoms with E-state index in [-0.39, 0.29) is 6.04 Å². The van der Waals surface area contributed by atoms with Crippen LogP contribution in [0.4, 0.5) is 0 Å². The van der Waals surface area contributed by atoms with Crippen LogP contribution in [-0.2, 0) is 6.54 Å². The van der Waals surface area contributed by atoms with Crippen molar-refractivity contribution in [2.45, 2.75) is 25.1 Å². The van der Waals surface area contributed by atoms with Gasteiger partial charge in [-0.15, -0.1) is 0 Å². The Kier molecular flexibility index (Phi) is 3.79. The van der Waals surface area contributed by atoms with Gasteiger partial charge in [-0.2, -0.15) is 0 Å². The molecule has 2 nitrogen and oxygen atoms in total. The van der Waals surface area contributed by atoms with E-state index in [0.29, 0.717) is 11.4 Å². The molecule has 1 aliphatic heterocycles. The van der Waals surface area contributed by atoms with Crippen molar-refractivity contribution in [1.82, 2.24) is 4.90 Å².